The van der Waals surface area contributed by atoms with E-state index in [1.807, 2.05) is 0 Å². The van der Waals surface area contributed by atoms with Crippen LogP contribution in [0.2, 0.25) is 0 Å². The van der Waals surface area contributed by atoms with Crippen molar-refractivity contribution in [2.24, 2.45) is 0 Å². The standard InChI is InChI=1S/Co.Li.Mn.Ni.H3O4P.O.H/c;;;;1-5(2,3)4;;/h;;;;(H3,1,2,3,4);;/q;+1;;;;;-1. The van der Waals surface area contributed by atoms with Crippen LogP contribution in [0.5, 0.6) is 0 Å². The van der Waals surface area contributed by atoms with Crippen molar-refractivity contribution in [3.63, 3.8) is 0 Å². The van der Waals surface area contributed by atoms with Gasteiger partial charge < -0.3 is 16.1 Å². The summed E-state index contributed by atoms with van der Waals surface area (Å²) < 4.78 is 16.9. The van der Waals surface area contributed by atoms with E-state index >= 15 is 0 Å². The molecule has 0 amide bonds. The van der Waals surface area contributed by atoms with Crippen LogP contribution < -0.4 is 18.9 Å². The summed E-state index contributed by atoms with van der Waals surface area (Å²) in [6.45, 7) is 0. The first-order valence-corrected chi connectivity index (χ1v) is 2.98. The van der Waals surface area contributed by atoms with Crippen LogP contribution in [-0.2, 0) is 57.6 Å². The fourth-order valence-corrected chi connectivity index (χ4v) is 0. The van der Waals surface area contributed by atoms with Crippen LogP contribution in [0.4, 0.5) is 0 Å². The van der Waals surface area contributed by atoms with E-state index in [1.54, 1.807) is 15.9 Å². The molecule has 0 aliphatic rings. The molecular weight excluding hydrogens is 290 g/mol. The Balaban J connectivity index is -0.00000000972. The van der Waals surface area contributed by atoms with E-state index in [4.69, 9.17) is 23.1 Å². The maximum atomic E-state index is 8.88. The van der Waals surface area contributed by atoms with Gasteiger partial charge in [-0.1, -0.05) is 0 Å². The zero-order chi connectivity index (χ0) is 6.50. The van der Waals surface area contributed by atoms with Gasteiger partial charge >= 0.3 is 46.5 Å². The Labute approximate surface area is 99.8 Å². The zero-order valence-electron chi connectivity index (χ0n) is 5.63. The second kappa shape index (κ2) is 17.2. The molecule has 0 saturated carbocycles. The molecule has 0 bridgehead atoms. The van der Waals surface area contributed by atoms with Crippen molar-refractivity contribution in [3.05, 3.63) is 0 Å². The zero-order valence-corrected chi connectivity index (χ0v) is 8.74. The van der Waals surface area contributed by atoms with Gasteiger partial charge in [0.15, 0.2) is 0 Å². The molecule has 0 heterocycles. The fraction of sp³-hybridized carbons (Fsp3) is 0. The molecule has 0 rings (SSSR count). The molecule has 0 aliphatic heterocycles. The average molecular weight is 295 g/mol. The molecule has 0 aromatic rings. The van der Waals surface area contributed by atoms with Gasteiger partial charge in [0.25, 0.3) is 0 Å². The van der Waals surface area contributed by atoms with Gasteiger partial charge in [-0.05, 0) is 0 Å². The Hall–Kier alpha value is 2.03. The summed E-state index contributed by atoms with van der Waals surface area (Å²) in [7, 11) is -4.64. The summed E-state index contributed by atoms with van der Waals surface area (Å²) in [5.74, 6) is 0. The molecular formula is H4CoLiMnNiO5P. The second-order valence-electron chi connectivity index (χ2n) is 0.513. The first kappa shape index (κ1) is 29.6. The van der Waals surface area contributed by atoms with Crippen LogP contribution in [0.3, 0.4) is 0 Å². The molecule has 3 N–H and O–H groups in total. The van der Waals surface area contributed by atoms with Crippen molar-refractivity contribution in [3.8, 4) is 0 Å². The van der Waals surface area contributed by atoms with E-state index in [1.165, 1.54) is 0 Å². The quantitative estimate of drug-likeness (QED) is 0.313. The SMILES string of the molecule is O=P(O)(O)O.[Co].[H-].[Li+].[Ni].[O]=[Mn]. The molecule has 0 aromatic carbocycles. The average Bonchev–Trinajstić information content (AvgIpc) is 1.36. The van der Waals surface area contributed by atoms with Gasteiger partial charge in [0, 0.05) is 33.3 Å². The number of hydrogen-bond acceptors (Lipinski definition) is 2. The Morgan fingerprint density at radius 2 is 1.20 bits per heavy atom. The van der Waals surface area contributed by atoms with Gasteiger partial charge in [-0.15, -0.1) is 0 Å². The number of phosphoric acid groups is 1. The molecule has 0 atom stereocenters. The second-order valence-corrected chi connectivity index (χ2v) is 1.54. The predicted molar refractivity (Wildman–Crippen MR) is 16.1 cm³/mol. The molecule has 0 fully saturated rings. The normalized spacial score (nSPS) is 6.30. The van der Waals surface area contributed by atoms with Crippen molar-refractivity contribution in [2.45, 2.75) is 0 Å². The van der Waals surface area contributed by atoms with E-state index in [0.29, 0.717) is 0 Å². The molecule has 0 unspecified atom stereocenters. The summed E-state index contributed by atoms with van der Waals surface area (Å²) in [4.78, 5) is 21.6. The third-order valence-electron chi connectivity index (χ3n) is 0. The number of hydrogen-bond donors (Lipinski definition) is 3. The van der Waals surface area contributed by atoms with E-state index in [-0.39, 0.29) is 53.6 Å². The summed E-state index contributed by atoms with van der Waals surface area (Å²) in [6.07, 6.45) is 0. The van der Waals surface area contributed by atoms with Crippen LogP contribution in [0, 0.1) is 0 Å². The van der Waals surface area contributed by atoms with Crippen molar-refractivity contribution >= 4 is 7.82 Å². The summed E-state index contributed by atoms with van der Waals surface area (Å²) in [5.41, 5.74) is 0. The van der Waals surface area contributed by atoms with Gasteiger partial charge in [-0.25, -0.2) is 4.57 Å². The van der Waals surface area contributed by atoms with Crippen molar-refractivity contribution in [1.82, 2.24) is 0 Å². The molecule has 0 aliphatic carbocycles. The van der Waals surface area contributed by atoms with Gasteiger partial charge in [-0.2, -0.15) is 0 Å². The fourth-order valence-electron chi connectivity index (χ4n) is 0. The molecule has 0 spiro atoms. The summed E-state index contributed by atoms with van der Waals surface area (Å²) >= 11 is 1.69. The Kier molecular flexibility index (Phi) is 51.0. The third kappa shape index (κ3) is 199. The van der Waals surface area contributed by atoms with Crippen LogP contribution in [0.15, 0.2) is 0 Å². The molecule has 0 saturated heterocycles. The number of rotatable bonds is 0. The van der Waals surface area contributed by atoms with Gasteiger partial charge in [0.1, 0.15) is 0 Å². The van der Waals surface area contributed by atoms with Crippen molar-refractivity contribution in [1.29, 1.82) is 0 Å². The summed E-state index contributed by atoms with van der Waals surface area (Å²) in [6, 6.07) is 0. The minimum atomic E-state index is -4.64. The molecule has 5 nitrogen and oxygen atoms in total. The molecule has 0 aromatic heterocycles. The maximum absolute atomic E-state index is 8.88. The third-order valence-corrected chi connectivity index (χ3v) is 0. The first-order chi connectivity index (χ1) is 3.00. The Morgan fingerprint density at radius 1 is 1.20 bits per heavy atom. The van der Waals surface area contributed by atoms with Gasteiger partial charge in [-0.3, -0.25) is 0 Å². The van der Waals surface area contributed by atoms with Crippen LogP contribution in [-0.4, -0.2) is 14.7 Å². The van der Waals surface area contributed by atoms with Crippen molar-refractivity contribution in [2.75, 3.05) is 0 Å². The molecule has 66 valence electrons. The van der Waals surface area contributed by atoms with Crippen LogP contribution in [0.1, 0.15) is 1.43 Å². The minimum absolute atomic E-state index is 0. The van der Waals surface area contributed by atoms with E-state index < -0.39 is 7.82 Å². The van der Waals surface area contributed by atoms with Crippen molar-refractivity contribution < 1.29 is 92.6 Å². The summed E-state index contributed by atoms with van der Waals surface area (Å²) in [5, 5.41) is 0. The molecule has 10 heteroatoms. The van der Waals surface area contributed by atoms with Crippen LogP contribution in [0.25, 0.3) is 0 Å². The van der Waals surface area contributed by atoms with Gasteiger partial charge in [0.05, 0.1) is 0 Å². The van der Waals surface area contributed by atoms with E-state index in [2.05, 4.69) is 0 Å². The Bertz CT molecular complexity index is 82.3. The molecule has 1 radical (unpaired) electrons. The molecule has 10 heavy (non-hydrogen) atoms. The first-order valence-electron chi connectivity index (χ1n) is 0.937. The van der Waals surface area contributed by atoms with E-state index in [9.17, 15) is 0 Å². The topological polar surface area (TPSA) is 94.8 Å². The van der Waals surface area contributed by atoms with Crippen LogP contribution >= 0.6 is 7.82 Å². The Morgan fingerprint density at radius 3 is 1.20 bits per heavy atom. The monoisotopic (exact) mass is 294 g/mol. The predicted octanol–water partition coefficient (Wildman–Crippen LogP) is -3.94. The van der Waals surface area contributed by atoms with E-state index in [0.717, 1.165) is 0 Å². The van der Waals surface area contributed by atoms with Gasteiger partial charge in [0.2, 0.25) is 0 Å².